The number of likely N-dealkylation sites (tertiary alicyclic amines) is 1. The van der Waals surface area contributed by atoms with Crippen molar-refractivity contribution >= 4 is 58.9 Å². The number of ether oxygens (including phenoxy) is 1. The molecule has 1 heterocycles. The third-order valence-electron chi connectivity index (χ3n) is 7.48. The van der Waals surface area contributed by atoms with Gasteiger partial charge in [0.25, 0.3) is 0 Å². The Hall–Kier alpha value is -4.02. The monoisotopic (exact) mass is 691 g/mol. The summed E-state index contributed by atoms with van der Waals surface area (Å²) in [5.74, 6) is -1.52. The second-order valence-corrected chi connectivity index (χ2v) is 13.1. The number of carbonyl (C=O) groups excluding carboxylic acids is 7. The molecule has 48 heavy (non-hydrogen) atoms. The molecule has 0 aliphatic carbocycles. The molecule has 15 nitrogen and oxygen atoms in total. The van der Waals surface area contributed by atoms with Gasteiger partial charge in [0.05, 0.1) is 23.9 Å². The first-order valence-electron chi connectivity index (χ1n) is 16.1. The standard InChI is InChI=1S/C32H49N7O8S/c1-20(2)29(38-27(42)8-4-5-15-39-28(43)17-26(31(39)45)48-16-13-33)25(41)18-36-24(7-6-14-35-32(34)46)30(44)37-23-11-9-22(10-12-23)19-47-21(3)40/h9-12,20,24,26,29,36H,4-8,13-19,33H2,1-3H3,(H,37,44)(H,38,42)(H3,34,35,46)/t24-,26?,29-/m0/s1. The quantitative estimate of drug-likeness (QED) is 0.0565. The Kier molecular flexibility index (Phi) is 17.6. The first-order chi connectivity index (χ1) is 22.8. The average molecular weight is 692 g/mol. The van der Waals surface area contributed by atoms with Crippen LogP contribution in [-0.4, -0.2) is 95.6 Å². The topological polar surface area (TPSA) is 232 Å². The Morgan fingerprint density at radius 1 is 1.06 bits per heavy atom. The lowest BCUT2D eigenvalue weighted by Crippen LogP contribution is -2.50. The molecule has 1 unspecified atom stereocenters. The predicted octanol–water partition coefficient (Wildman–Crippen LogP) is 0.795. The Balaban J connectivity index is 1.90. The summed E-state index contributed by atoms with van der Waals surface area (Å²) in [6, 6.07) is 4.45. The molecule has 266 valence electrons. The lowest BCUT2D eigenvalue weighted by atomic mass is 9.98. The number of imide groups is 1. The van der Waals surface area contributed by atoms with Gasteiger partial charge in [0.2, 0.25) is 23.6 Å². The Bertz CT molecular complexity index is 1280. The second-order valence-electron chi connectivity index (χ2n) is 11.8. The molecule has 0 radical (unpaired) electrons. The summed E-state index contributed by atoms with van der Waals surface area (Å²) >= 11 is 1.38. The molecule has 1 aromatic rings. The zero-order valence-corrected chi connectivity index (χ0v) is 28.7. The maximum Gasteiger partial charge on any atom is 0.312 e. The highest BCUT2D eigenvalue weighted by molar-refractivity contribution is 8.00. The van der Waals surface area contributed by atoms with Gasteiger partial charge in [-0.2, -0.15) is 0 Å². The van der Waals surface area contributed by atoms with Crippen molar-refractivity contribution in [2.75, 3.05) is 37.2 Å². The van der Waals surface area contributed by atoms with Crippen LogP contribution in [0.2, 0.25) is 0 Å². The third-order valence-corrected chi connectivity index (χ3v) is 8.72. The molecule has 0 saturated carbocycles. The number of anilines is 1. The normalized spacial score (nSPS) is 15.6. The van der Waals surface area contributed by atoms with Crippen LogP contribution in [0.15, 0.2) is 24.3 Å². The Morgan fingerprint density at radius 2 is 1.77 bits per heavy atom. The molecule has 0 aromatic heterocycles. The molecule has 2 rings (SSSR count). The van der Waals surface area contributed by atoms with Gasteiger partial charge < -0.3 is 32.2 Å². The van der Waals surface area contributed by atoms with E-state index in [0.717, 1.165) is 5.56 Å². The van der Waals surface area contributed by atoms with Gasteiger partial charge in [0.1, 0.15) is 6.61 Å². The molecule has 1 aromatic carbocycles. The van der Waals surface area contributed by atoms with E-state index in [-0.39, 0.29) is 74.9 Å². The third kappa shape index (κ3) is 14.4. The first kappa shape index (κ1) is 40.2. The minimum atomic E-state index is -0.808. The summed E-state index contributed by atoms with van der Waals surface area (Å²) in [5, 5.41) is 10.7. The molecule has 0 spiro atoms. The summed E-state index contributed by atoms with van der Waals surface area (Å²) in [4.78, 5) is 87.3. The van der Waals surface area contributed by atoms with E-state index in [9.17, 15) is 33.6 Å². The molecule has 1 aliphatic rings. The van der Waals surface area contributed by atoms with Gasteiger partial charge in [-0.3, -0.25) is 39.0 Å². The lowest BCUT2D eigenvalue weighted by Gasteiger charge is -2.24. The van der Waals surface area contributed by atoms with Gasteiger partial charge in [-0.25, -0.2) is 4.79 Å². The number of nitrogens with one attached hydrogen (secondary N) is 4. The van der Waals surface area contributed by atoms with Crippen molar-refractivity contribution in [3.05, 3.63) is 29.8 Å². The van der Waals surface area contributed by atoms with Gasteiger partial charge in [-0.1, -0.05) is 26.0 Å². The smallest absolute Gasteiger partial charge is 0.312 e. The van der Waals surface area contributed by atoms with Crippen LogP contribution in [0.4, 0.5) is 10.5 Å². The van der Waals surface area contributed by atoms with E-state index in [4.69, 9.17) is 16.2 Å². The second kappa shape index (κ2) is 21.1. The number of amides is 6. The zero-order valence-electron chi connectivity index (χ0n) is 27.9. The highest BCUT2D eigenvalue weighted by Gasteiger charge is 2.38. The number of primary amides is 1. The van der Waals surface area contributed by atoms with Crippen molar-refractivity contribution in [3.63, 3.8) is 0 Å². The van der Waals surface area contributed by atoms with Gasteiger partial charge in [-0.05, 0) is 49.3 Å². The van der Waals surface area contributed by atoms with E-state index in [1.807, 2.05) is 0 Å². The Labute approximate surface area is 285 Å². The molecule has 0 bridgehead atoms. The fraction of sp³-hybridized carbons (Fsp3) is 0.594. The van der Waals surface area contributed by atoms with Gasteiger partial charge in [-0.15, -0.1) is 11.8 Å². The van der Waals surface area contributed by atoms with Crippen LogP contribution < -0.4 is 32.7 Å². The first-order valence-corrected chi connectivity index (χ1v) is 17.1. The summed E-state index contributed by atoms with van der Waals surface area (Å²) in [6.45, 7) is 5.72. The van der Waals surface area contributed by atoms with Crippen LogP contribution in [0.25, 0.3) is 0 Å². The number of esters is 1. The van der Waals surface area contributed by atoms with Crippen molar-refractivity contribution in [2.45, 2.75) is 83.2 Å². The number of nitrogens with zero attached hydrogens (tertiary/aromatic N) is 1. The van der Waals surface area contributed by atoms with E-state index in [1.165, 1.54) is 23.6 Å². The number of nitrogens with two attached hydrogens (primary N) is 2. The van der Waals surface area contributed by atoms with Crippen molar-refractivity contribution < 1.29 is 38.3 Å². The maximum absolute atomic E-state index is 13.2. The number of urea groups is 1. The van der Waals surface area contributed by atoms with E-state index < -0.39 is 35.2 Å². The fourth-order valence-corrected chi connectivity index (χ4v) is 5.88. The van der Waals surface area contributed by atoms with Crippen molar-refractivity contribution in [3.8, 4) is 0 Å². The fourth-order valence-electron chi connectivity index (χ4n) is 4.92. The zero-order chi connectivity index (χ0) is 35.6. The van der Waals surface area contributed by atoms with Gasteiger partial charge in [0.15, 0.2) is 5.78 Å². The van der Waals surface area contributed by atoms with Crippen LogP contribution in [0.1, 0.15) is 64.9 Å². The molecule has 1 aliphatic heterocycles. The number of benzene rings is 1. The lowest BCUT2D eigenvalue weighted by molar-refractivity contribution is -0.142. The van der Waals surface area contributed by atoms with Crippen molar-refractivity contribution in [1.82, 2.24) is 20.9 Å². The highest BCUT2D eigenvalue weighted by atomic mass is 32.2. The molecular weight excluding hydrogens is 642 g/mol. The van der Waals surface area contributed by atoms with Gasteiger partial charge >= 0.3 is 12.0 Å². The van der Waals surface area contributed by atoms with Crippen molar-refractivity contribution in [2.24, 2.45) is 17.4 Å². The van der Waals surface area contributed by atoms with E-state index in [0.29, 0.717) is 37.2 Å². The largest absolute Gasteiger partial charge is 0.461 e. The molecule has 8 N–H and O–H groups in total. The minimum Gasteiger partial charge on any atom is -0.461 e. The number of thioether (sulfide) groups is 1. The minimum absolute atomic E-state index is 0.104. The Morgan fingerprint density at radius 3 is 2.40 bits per heavy atom. The average Bonchev–Trinajstić information content (AvgIpc) is 3.30. The highest BCUT2D eigenvalue weighted by Crippen LogP contribution is 2.25. The number of hydrogen-bond acceptors (Lipinski definition) is 11. The number of rotatable bonds is 22. The van der Waals surface area contributed by atoms with Crippen molar-refractivity contribution in [1.29, 1.82) is 0 Å². The number of Topliss-reactive ketones (excluding diaryl/α,β-unsaturated/α-hetero) is 1. The summed E-state index contributed by atoms with van der Waals surface area (Å²) in [5.41, 5.74) is 11.9. The molecule has 6 amide bonds. The SMILES string of the molecule is CC(=O)OCc1ccc(NC(=O)[C@H](CCCNC(N)=O)NCC(=O)[C@@H](NC(=O)CCCCN2C(=O)CC(SCCN)C2=O)C(C)C)cc1. The maximum atomic E-state index is 13.2. The van der Waals surface area contributed by atoms with E-state index >= 15 is 0 Å². The van der Waals surface area contributed by atoms with Crippen LogP contribution in [-0.2, 0) is 40.1 Å². The molecule has 1 saturated heterocycles. The number of carbonyl (C=O) groups is 7. The van der Waals surface area contributed by atoms with Gasteiger partial charge in [0, 0.05) is 50.8 Å². The summed E-state index contributed by atoms with van der Waals surface area (Å²) < 4.78 is 4.98. The number of ketones is 1. The van der Waals surface area contributed by atoms with E-state index in [1.54, 1.807) is 38.1 Å². The van der Waals surface area contributed by atoms with Crippen LogP contribution in [0.5, 0.6) is 0 Å². The molecule has 1 fully saturated rings. The number of unbranched alkanes of at least 4 members (excludes halogenated alkanes) is 1. The predicted molar refractivity (Wildman–Crippen MR) is 181 cm³/mol. The van der Waals surface area contributed by atoms with Crippen LogP contribution in [0.3, 0.4) is 0 Å². The van der Waals surface area contributed by atoms with Crippen LogP contribution >= 0.6 is 11.8 Å². The summed E-state index contributed by atoms with van der Waals surface area (Å²) in [7, 11) is 0. The van der Waals surface area contributed by atoms with E-state index in [2.05, 4.69) is 21.3 Å². The molecule has 16 heteroatoms. The molecule has 3 atom stereocenters. The number of hydrogen-bond donors (Lipinski definition) is 6. The van der Waals surface area contributed by atoms with Crippen LogP contribution in [0, 0.1) is 5.92 Å². The summed E-state index contributed by atoms with van der Waals surface area (Å²) in [6.07, 6.45) is 1.83. The molecular formula is C32H49N7O8S.